The molecule has 0 heterocycles. The predicted molar refractivity (Wildman–Crippen MR) is 99.0 cm³/mol. The largest absolute Gasteiger partial charge is 0.350 e. The van der Waals surface area contributed by atoms with Crippen molar-refractivity contribution in [3.8, 4) is 0 Å². The summed E-state index contributed by atoms with van der Waals surface area (Å²) in [6.07, 6.45) is 0. The average molecular weight is 361 g/mol. The van der Waals surface area contributed by atoms with Gasteiger partial charge in [0.15, 0.2) is 0 Å². The van der Waals surface area contributed by atoms with Crippen molar-refractivity contribution in [2.24, 2.45) is 5.73 Å². The van der Waals surface area contributed by atoms with E-state index in [-0.39, 0.29) is 22.9 Å². The van der Waals surface area contributed by atoms with Gasteiger partial charge in [0.25, 0.3) is 15.9 Å². The Balaban J connectivity index is 2.19. The van der Waals surface area contributed by atoms with Gasteiger partial charge in [-0.2, -0.15) is 0 Å². The molecule has 0 atom stereocenters. The van der Waals surface area contributed by atoms with Crippen LogP contribution in [-0.4, -0.2) is 26.4 Å². The summed E-state index contributed by atoms with van der Waals surface area (Å²) in [5, 5.41) is 2.69. The first kappa shape index (κ1) is 19.0. The first-order valence-corrected chi connectivity index (χ1v) is 9.32. The second-order valence-corrected chi connectivity index (χ2v) is 8.35. The lowest BCUT2D eigenvalue weighted by Crippen LogP contribution is -2.45. The summed E-state index contributed by atoms with van der Waals surface area (Å²) in [4.78, 5) is 12.2. The Hall–Kier alpha value is -2.38. The molecule has 0 fully saturated rings. The van der Waals surface area contributed by atoms with Crippen molar-refractivity contribution in [2.75, 3.05) is 11.3 Å². The summed E-state index contributed by atoms with van der Waals surface area (Å²) in [7, 11) is -3.78. The molecule has 0 unspecified atom stereocenters. The van der Waals surface area contributed by atoms with Crippen LogP contribution in [0.5, 0.6) is 0 Å². The van der Waals surface area contributed by atoms with Gasteiger partial charge >= 0.3 is 0 Å². The van der Waals surface area contributed by atoms with Gasteiger partial charge in [0.2, 0.25) is 0 Å². The average Bonchev–Trinajstić information content (AvgIpc) is 2.54. The molecule has 1 amide bonds. The Kier molecular flexibility index (Phi) is 5.49. The molecule has 0 aliphatic carbocycles. The van der Waals surface area contributed by atoms with Crippen molar-refractivity contribution in [3.63, 3.8) is 0 Å². The topological polar surface area (TPSA) is 101 Å². The van der Waals surface area contributed by atoms with Crippen LogP contribution in [0, 0.1) is 6.92 Å². The molecule has 2 aromatic rings. The number of amides is 1. The highest BCUT2D eigenvalue weighted by atomic mass is 32.2. The summed E-state index contributed by atoms with van der Waals surface area (Å²) in [5.41, 5.74) is 7.04. The zero-order chi connectivity index (χ0) is 18.7. The third-order valence-electron chi connectivity index (χ3n) is 3.41. The molecule has 2 aromatic carbocycles. The van der Waals surface area contributed by atoms with Crippen LogP contribution in [0.1, 0.15) is 29.8 Å². The summed E-state index contributed by atoms with van der Waals surface area (Å²) in [6, 6.07) is 12.9. The number of carbonyl (C=O) groups is 1. The standard InChI is InChI=1S/C18H23N3O3S/c1-13-7-9-15(10-8-13)21-25(23,24)16-6-4-5-14(11-16)17(22)20-12-18(2,3)19/h4-11,21H,12,19H2,1-3H3,(H,20,22). The van der Waals surface area contributed by atoms with Crippen LogP contribution < -0.4 is 15.8 Å². The molecule has 134 valence electrons. The highest BCUT2D eigenvalue weighted by Crippen LogP contribution is 2.17. The molecule has 0 radical (unpaired) electrons. The van der Waals surface area contributed by atoms with Crippen LogP contribution in [0.4, 0.5) is 5.69 Å². The molecular weight excluding hydrogens is 338 g/mol. The van der Waals surface area contributed by atoms with Crippen molar-refractivity contribution in [2.45, 2.75) is 31.2 Å². The van der Waals surface area contributed by atoms with Gasteiger partial charge in [-0.1, -0.05) is 23.8 Å². The number of hydrogen-bond acceptors (Lipinski definition) is 4. The maximum absolute atomic E-state index is 12.5. The lowest BCUT2D eigenvalue weighted by atomic mass is 10.1. The molecule has 0 spiro atoms. The minimum absolute atomic E-state index is 0.0210. The van der Waals surface area contributed by atoms with Crippen molar-refractivity contribution in [1.82, 2.24) is 5.32 Å². The van der Waals surface area contributed by atoms with Crippen LogP contribution in [-0.2, 0) is 10.0 Å². The molecule has 0 aromatic heterocycles. The summed E-state index contributed by atoms with van der Waals surface area (Å²) in [6.45, 7) is 5.78. The fraction of sp³-hybridized carbons (Fsp3) is 0.278. The Morgan fingerprint density at radius 3 is 2.36 bits per heavy atom. The maximum atomic E-state index is 12.5. The van der Waals surface area contributed by atoms with Gasteiger partial charge in [-0.05, 0) is 51.1 Å². The summed E-state index contributed by atoms with van der Waals surface area (Å²) < 4.78 is 27.5. The van der Waals surface area contributed by atoms with Crippen LogP contribution in [0.15, 0.2) is 53.4 Å². The number of carbonyl (C=O) groups excluding carboxylic acids is 1. The SMILES string of the molecule is Cc1ccc(NS(=O)(=O)c2cccc(C(=O)NCC(C)(C)N)c2)cc1. The normalized spacial score (nSPS) is 11.8. The van der Waals surface area contributed by atoms with Crippen LogP contribution in [0.3, 0.4) is 0 Å². The van der Waals surface area contributed by atoms with E-state index in [0.717, 1.165) is 5.56 Å². The smallest absolute Gasteiger partial charge is 0.261 e. The molecule has 6 nitrogen and oxygen atoms in total. The van der Waals surface area contributed by atoms with E-state index in [1.165, 1.54) is 18.2 Å². The predicted octanol–water partition coefficient (Wildman–Crippen LogP) is 2.26. The minimum atomic E-state index is -3.78. The van der Waals surface area contributed by atoms with Gasteiger partial charge in [0.1, 0.15) is 0 Å². The second kappa shape index (κ2) is 7.25. The molecule has 2 rings (SSSR count). The number of nitrogens with two attached hydrogens (primary N) is 1. The fourth-order valence-electron chi connectivity index (χ4n) is 2.05. The number of nitrogens with one attached hydrogen (secondary N) is 2. The molecule has 0 saturated carbocycles. The van der Waals surface area contributed by atoms with Crippen molar-refractivity contribution in [3.05, 3.63) is 59.7 Å². The lowest BCUT2D eigenvalue weighted by molar-refractivity contribution is 0.0946. The third kappa shape index (κ3) is 5.58. The Morgan fingerprint density at radius 2 is 1.76 bits per heavy atom. The quantitative estimate of drug-likeness (QED) is 0.734. The molecule has 0 aliphatic rings. The number of rotatable bonds is 6. The van der Waals surface area contributed by atoms with Gasteiger partial charge in [0, 0.05) is 23.3 Å². The number of aryl methyl sites for hydroxylation is 1. The highest BCUT2D eigenvalue weighted by Gasteiger charge is 2.18. The van der Waals surface area contributed by atoms with Crippen molar-refractivity contribution < 1.29 is 13.2 Å². The third-order valence-corrected chi connectivity index (χ3v) is 4.79. The van der Waals surface area contributed by atoms with Gasteiger partial charge in [-0.25, -0.2) is 8.42 Å². The maximum Gasteiger partial charge on any atom is 0.261 e. The number of benzene rings is 2. The zero-order valence-electron chi connectivity index (χ0n) is 14.5. The number of hydrogen-bond donors (Lipinski definition) is 3. The van der Waals surface area contributed by atoms with E-state index in [2.05, 4.69) is 10.0 Å². The lowest BCUT2D eigenvalue weighted by Gasteiger charge is -2.19. The molecule has 25 heavy (non-hydrogen) atoms. The molecule has 0 saturated heterocycles. The van der Waals surface area contributed by atoms with Gasteiger partial charge < -0.3 is 11.1 Å². The van der Waals surface area contributed by atoms with E-state index in [0.29, 0.717) is 5.69 Å². The van der Waals surface area contributed by atoms with Gasteiger partial charge in [0.05, 0.1) is 4.90 Å². The van der Waals surface area contributed by atoms with Gasteiger partial charge in [-0.15, -0.1) is 0 Å². The highest BCUT2D eigenvalue weighted by molar-refractivity contribution is 7.92. The molecule has 4 N–H and O–H groups in total. The molecule has 0 aliphatic heterocycles. The van der Waals surface area contributed by atoms with E-state index in [1.807, 2.05) is 19.1 Å². The van der Waals surface area contributed by atoms with Crippen LogP contribution in [0.2, 0.25) is 0 Å². The van der Waals surface area contributed by atoms with E-state index < -0.39 is 15.6 Å². The first-order valence-electron chi connectivity index (χ1n) is 7.83. The Bertz CT molecular complexity index is 854. The van der Waals surface area contributed by atoms with Crippen molar-refractivity contribution in [1.29, 1.82) is 0 Å². The zero-order valence-corrected chi connectivity index (χ0v) is 15.4. The van der Waals surface area contributed by atoms with Crippen LogP contribution >= 0.6 is 0 Å². The summed E-state index contributed by atoms with van der Waals surface area (Å²) in [5.74, 6) is -0.370. The molecule has 0 bridgehead atoms. The second-order valence-electron chi connectivity index (χ2n) is 6.67. The Labute approximate surface area is 148 Å². The Morgan fingerprint density at radius 1 is 1.12 bits per heavy atom. The van der Waals surface area contributed by atoms with Crippen LogP contribution in [0.25, 0.3) is 0 Å². The van der Waals surface area contributed by atoms with Gasteiger partial charge in [-0.3, -0.25) is 9.52 Å². The van der Waals surface area contributed by atoms with E-state index in [4.69, 9.17) is 5.73 Å². The van der Waals surface area contributed by atoms with Crippen molar-refractivity contribution >= 4 is 21.6 Å². The monoisotopic (exact) mass is 361 g/mol. The molecular formula is C18H23N3O3S. The van der Waals surface area contributed by atoms with E-state index in [1.54, 1.807) is 32.0 Å². The molecule has 7 heteroatoms. The number of anilines is 1. The summed E-state index contributed by atoms with van der Waals surface area (Å²) >= 11 is 0. The minimum Gasteiger partial charge on any atom is -0.350 e. The van der Waals surface area contributed by atoms with E-state index >= 15 is 0 Å². The van der Waals surface area contributed by atoms with E-state index in [9.17, 15) is 13.2 Å². The first-order chi connectivity index (χ1) is 11.6. The fourth-order valence-corrected chi connectivity index (χ4v) is 3.15. The number of sulfonamides is 1.